The number of nitrogen functional groups attached to an aromatic ring is 1. The molecule has 0 bridgehead atoms. The van der Waals surface area contributed by atoms with E-state index in [0.717, 1.165) is 18.5 Å². The van der Waals surface area contributed by atoms with Crippen molar-refractivity contribution < 1.29 is 9.13 Å². The summed E-state index contributed by atoms with van der Waals surface area (Å²) in [6, 6.07) is 3.55. The molecular formula is C15H18FN3O. The molecule has 1 aliphatic carbocycles. The Hall–Kier alpha value is -1.62. The van der Waals surface area contributed by atoms with Gasteiger partial charge in [-0.05, 0) is 43.7 Å². The van der Waals surface area contributed by atoms with Gasteiger partial charge in [0.25, 0.3) is 0 Å². The van der Waals surface area contributed by atoms with Crippen LogP contribution in [0, 0.1) is 18.7 Å². The maximum absolute atomic E-state index is 13.7. The van der Waals surface area contributed by atoms with Crippen molar-refractivity contribution in [1.29, 1.82) is 0 Å². The predicted molar refractivity (Wildman–Crippen MR) is 75.0 cm³/mol. The van der Waals surface area contributed by atoms with Crippen LogP contribution in [0.5, 0.6) is 0 Å². The van der Waals surface area contributed by atoms with Gasteiger partial charge in [0.15, 0.2) is 0 Å². The van der Waals surface area contributed by atoms with Gasteiger partial charge in [-0.2, -0.15) is 0 Å². The molecule has 2 atom stereocenters. The lowest BCUT2D eigenvalue weighted by Gasteiger charge is -2.21. The van der Waals surface area contributed by atoms with E-state index in [1.807, 2.05) is 6.07 Å². The van der Waals surface area contributed by atoms with Gasteiger partial charge in [-0.15, -0.1) is 0 Å². The Bertz CT molecular complexity index is 677. The van der Waals surface area contributed by atoms with Gasteiger partial charge in [0, 0.05) is 12.7 Å². The molecule has 4 rings (SSSR count). The highest BCUT2D eigenvalue weighted by Crippen LogP contribution is 2.44. The molecule has 1 aromatic heterocycles. The SMILES string of the molecule is Cc1cc2c(cc1F)nc(N)n2C1CCOC1C1CC1. The highest BCUT2D eigenvalue weighted by atomic mass is 19.1. The van der Waals surface area contributed by atoms with Gasteiger partial charge in [0.2, 0.25) is 5.95 Å². The Morgan fingerprint density at radius 2 is 2.15 bits per heavy atom. The summed E-state index contributed by atoms with van der Waals surface area (Å²) < 4.78 is 21.6. The molecule has 2 N–H and O–H groups in total. The maximum Gasteiger partial charge on any atom is 0.201 e. The molecule has 5 heteroatoms. The van der Waals surface area contributed by atoms with Gasteiger partial charge in [-0.3, -0.25) is 0 Å². The molecule has 1 saturated heterocycles. The average Bonchev–Trinajstić information content (AvgIpc) is 3.06. The minimum Gasteiger partial charge on any atom is -0.376 e. The first-order chi connectivity index (χ1) is 9.65. The van der Waals surface area contributed by atoms with Crippen LogP contribution in [0.15, 0.2) is 12.1 Å². The average molecular weight is 275 g/mol. The minimum atomic E-state index is -0.233. The maximum atomic E-state index is 13.7. The molecule has 0 radical (unpaired) electrons. The van der Waals surface area contributed by atoms with Crippen LogP contribution in [0.1, 0.15) is 30.9 Å². The lowest BCUT2D eigenvalue weighted by atomic mass is 10.1. The first-order valence-corrected chi connectivity index (χ1v) is 7.20. The summed E-state index contributed by atoms with van der Waals surface area (Å²) in [5.41, 5.74) is 8.27. The zero-order chi connectivity index (χ0) is 13.9. The summed E-state index contributed by atoms with van der Waals surface area (Å²) in [6.07, 6.45) is 3.66. The van der Waals surface area contributed by atoms with Gasteiger partial charge < -0.3 is 15.0 Å². The Morgan fingerprint density at radius 1 is 1.35 bits per heavy atom. The van der Waals surface area contributed by atoms with Crippen LogP contribution in [0.3, 0.4) is 0 Å². The van der Waals surface area contributed by atoms with Crippen LogP contribution in [0.4, 0.5) is 10.3 Å². The number of nitrogens with zero attached hydrogens (tertiary/aromatic N) is 2. The lowest BCUT2D eigenvalue weighted by Crippen LogP contribution is -2.23. The standard InChI is InChI=1S/C15H18FN3O/c1-8-6-13-11(7-10(8)16)18-15(17)19(13)12-4-5-20-14(12)9-2-3-9/h6-7,9,12,14H,2-5H2,1H3,(H2,17,18). The molecule has 0 amide bonds. The third-order valence-corrected chi connectivity index (χ3v) is 4.52. The number of hydrogen-bond donors (Lipinski definition) is 1. The fourth-order valence-corrected chi connectivity index (χ4v) is 3.34. The number of imidazole rings is 1. The summed E-state index contributed by atoms with van der Waals surface area (Å²) >= 11 is 0. The third-order valence-electron chi connectivity index (χ3n) is 4.52. The Balaban J connectivity index is 1.86. The van der Waals surface area contributed by atoms with Crippen molar-refractivity contribution in [2.45, 2.75) is 38.3 Å². The second-order valence-corrected chi connectivity index (χ2v) is 5.96. The topological polar surface area (TPSA) is 53.1 Å². The van der Waals surface area contributed by atoms with E-state index < -0.39 is 0 Å². The van der Waals surface area contributed by atoms with Gasteiger partial charge in [0.1, 0.15) is 5.82 Å². The highest BCUT2D eigenvalue weighted by molar-refractivity contribution is 5.79. The van der Waals surface area contributed by atoms with Crippen molar-refractivity contribution in [3.05, 3.63) is 23.5 Å². The first kappa shape index (κ1) is 12.1. The summed E-state index contributed by atoms with van der Waals surface area (Å²) in [6.45, 7) is 2.54. The molecule has 1 aliphatic heterocycles. The quantitative estimate of drug-likeness (QED) is 0.917. The number of ether oxygens (including phenoxy) is 1. The second-order valence-electron chi connectivity index (χ2n) is 5.96. The van der Waals surface area contributed by atoms with Gasteiger partial charge in [0.05, 0.1) is 23.2 Å². The minimum absolute atomic E-state index is 0.233. The molecule has 0 spiro atoms. The van der Waals surface area contributed by atoms with Crippen LogP contribution in [-0.2, 0) is 4.74 Å². The fourth-order valence-electron chi connectivity index (χ4n) is 3.34. The van der Waals surface area contributed by atoms with E-state index in [-0.39, 0.29) is 18.0 Å². The highest BCUT2D eigenvalue weighted by Gasteiger charge is 2.42. The number of hydrogen-bond acceptors (Lipinski definition) is 3. The molecule has 2 heterocycles. The fraction of sp³-hybridized carbons (Fsp3) is 0.533. The van der Waals surface area contributed by atoms with E-state index in [1.165, 1.54) is 18.9 Å². The molecule has 2 unspecified atom stereocenters. The van der Waals surface area contributed by atoms with Crippen molar-refractivity contribution >= 4 is 17.0 Å². The van der Waals surface area contributed by atoms with Crippen LogP contribution >= 0.6 is 0 Å². The Kier molecular flexibility index (Phi) is 2.54. The molecule has 2 aromatic rings. The van der Waals surface area contributed by atoms with E-state index >= 15 is 0 Å². The Labute approximate surface area is 116 Å². The summed E-state index contributed by atoms with van der Waals surface area (Å²) in [7, 11) is 0. The van der Waals surface area contributed by atoms with E-state index in [9.17, 15) is 4.39 Å². The normalized spacial score (nSPS) is 26.5. The second kappa shape index (κ2) is 4.19. The van der Waals surface area contributed by atoms with E-state index in [2.05, 4.69) is 9.55 Å². The number of anilines is 1. The van der Waals surface area contributed by atoms with Crippen molar-refractivity contribution in [1.82, 2.24) is 9.55 Å². The van der Waals surface area contributed by atoms with Crippen molar-refractivity contribution in [3.63, 3.8) is 0 Å². The summed E-state index contributed by atoms with van der Waals surface area (Å²) in [5, 5.41) is 0. The number of rotatable bonds is 2. The van der Waals surface area contributed by atoms with Crippen molar-refractivity contribution in [3.8, 4) is 0 Å². The molecule has 20 heavy (non-hydrogen) atoms. The van der Waals surface area contributed by atoms with Crippen LogP contribution in [0.25, 0.3) is 11.0 Å². The zero-order valence-electron chi connectivity index (χ0n) is 11.5. The van der Waals surface area contributed by atoms with Crippen molar-refractivity contribution in [2.24, 2.45) is 5.92 Å². The number of nitrogens with two attached hydrogens (primary N) is 1. The molecule has 4 nitrogen and oxygen atoms in total. The van der Waals surface area contributed by atoms with E-state index in [1.54, 1.807) is 6.92 Å². The molecule has 106 valence electrons. The van der Waals surface area contributed by atoms with Gasteiger partial charge >= 0.3 is 0 Å². The monoisotopic (exact) mass is 275 g/mol. The van der Waals surface area contributed by atoms with Crippen LogP contribution in [0.2, 0.25) is 0 Å². The van der Waals surface area contributed by atoms with Crippen molar-refractivity contribution in [2.75, 3.05) is 12.3 Å². The van der Waals surface area contributed by atoms with E-state index in [0.29, 0.717) is 22.9 Å². The van der Waals surface area contributed by atoms with E-state index in [4.69, 9.17) is 10.5 Å². The third kappa shape index (κ3) is 1.73. The number of fused-ring (bicyclic) bond motifs is 1. The van der Waals surface area contributed by atoms with Gasteiger partial charge in [-0.1, -0.05) is 0 Å². The number of aryl methyl sites for hydroxylation is 1. The molecular weight excluding hydrogens is 257 g/mol. The zero-order valence-corrected chi connectivity index (χ0v) is 11.5. The largest absolute Gasteiger partial charge is 0.376 e. The number of benzene rings is 1. The number of aromatic nitrogens is 2. The van der Waals surface area contributed by atoms with Gasteiger partial charge in [-0.25, -0.2) is 9.37 Å². The summed E-state index contributed by atoms with van der Waals surface area (Å²) in [4.78, 5) is 4.32. The number of halogens is 1. The molecule has 2 fully saturated rings. The Morgan fingerprint density at radius 3 is 2.90 bits per heavy atom. The van der Waals surface area contributed by atoms with Crippen LogP contribution < -0.4 is 5.73 Å². The first-order valence-electron chi connectivity index (χ1n) is 7.20. The summed E-state index contributed by atoms with van der Waals surface area (Å²) in [5.74, 6) is 0.885. The molecule has 1 saturated carbocycles. The molecule has 2 aliphatic rings. The van der Waals surface area contributed by atoms with Crippen LogP contribution in [-0.4, -0.2) is 22.3 Å². The predicted octanol–water partition coefficient (Wildman–Crippen LogP) is 2.81. The smallest absolute Gasteiger partial charge is 0.201 e. The lowest BCUT2D eigenvalue weighted by molar-refractivity contribution is 0.0762. The molecule has 1 aromatic carbocycles.